The van der Waals surface area contributed by atoms with Crippen LogP contribution in [0.3, 0.4) is 0 Å². The first-order chi connectivity index (χ1) is 16.2. The first-order valence-corrected chi connectivity index (χ1v) is 12.0. The topological polar surface area (TPSA) is 127 Å². The molecule has 35 heavy (non-hydrogen) atoms. The highest BCUT2D eigenvalue weighted by Crippen LogP contribution is 2.38. The highest BCUT2D eigenvalue weighted by atomic mass is 32.2. The number of aromatic nitrogens is 3. The molecule has 0 saturated carbocycles. The van der Waals surface area contributed by atoms with Crippen LogP contribution in [0.4, 0.5) is 18.9 Å². The quantitative estimate of drug-likeness (QED) is 0.484. The molecule has 0 aliphatic carbocycles. The van der Waals surface area contributed by atoms with E-state index in [1.54, 1.807) is 19.9 Å². The number of nitrogens with zero attached hydrogens (tertiary/aromatic N) is 3. The number of aryl methyl sites for hydroxylation is 2. The molecule has 0 aliphatic rings. The minimum Gasteiger partial charge on any atom is -0.478 e. The highest BCUT2D eigenvalue weighted by Gasteiger charge is 2.38. The van der Waals surface area contributed by atoms with Gasteiger partial charge in [-0.3, -0.25) is 4.79 Å². The summed E-state index contributed by atoms with van der Waals surface area (Å²) in [4.78, 5) is 17.5. The number of pyridine rings is 1. The average molecular weight is 510 g/mol. The van der Waals surface area contributed by atoms with Crippen molar-refractivity contribution in [3.63, 3.8) is 0 Å². The molecule has 0 bridgehead atoms. The van der Waals surface area contributed by atoms with Gasteiger partial charge >= 0.3 is 6.18 Å². The molecule has 2 heterocycles. The molecule has 1 unspecified atom stereocenters. The molecule has 0 radical (unpaired) electrons. The zero-order valence-corrected chi connectivity index (χ0v) is 20.2. The van der Waals surface area contributed by atoms with Crippen molar-refractivity contribution in [1.29, 1.82) is 4.78 Å². The van der Waals surface area contributed by atoms with Crippen LogP contribution >= 0.6 is 0 Å². The van der Waals surface area contributed by atoms with E-state index in [4.69, 9.17) is 14.3 Å². The minimum atomic E-state index is -4.87. The molecule has 0 saturated heterocycles. The number of hydrogen-bond acceptors (Lipinski definition) is 8. The summed E-state index contributed by atoms with van der Waals surface area (Å²) >= 11 is 0. The smallest absolute Gasteiger partial charge is 0.435 e. The fourth-order valence-electron chi connectivity index (χ4n) is 3.27. The Morgan fingerprint density at radius 2 is 1.80 bits per heavy atom. The van der Waals surface area contributed by atoms with E-state index in [9.17, 15) is 22.2 Å². The summed E-state index contributed by atoms with van der Waals surface area (Å²) in [5, 5.41) is 9.25. The second-order valence-corrected chi connectivity index (χ2v) is 9.86. The van der Waals surface area contributed by atoms with Crippen molar-refractivity contribution in [2.75, 3.05) is 18.7 Å². The SMILES string of the molecule is COc1nc(C)cc(C)c1Oc1nnc(C(F)(F)F)c(C)c1C(=O)Nc1cccc(S(C)(=N)=O)c1. The second-order valence-electron chi connectivity index (χ2n) is 7.70. The molecule has 2 N–H and O–H groups in total. The Morgan fingerprint density at radius 3 is 2.40 bits per heavy atom. The fraction of sp³-hybridized carbons (Fsp3) is 0.273. The second kappa shape index (κ2) is 9.49. The normalized spacial score (nSPS) is 13.1. The van der Waals surface area contributed by atoms with Crippen LogP contribution in [0.1, 0.15) is 32.9 Å². The molecule has 1 atom stereocenters. The molecule has 13 heteroatoms. The Bertz CT molecular complexity index is 1410. The van der Waals surface area contributed by atoms with E-state index in [1.165, 1.54) is 37.6 Å². The number of methoxy groups -OCH3 is 1. The lowest BCUT2D eigenvalue weighted by atomic mass is 10.1. The summed E-state index contributed by atoms with van der Waals surface area (Å²) < 4.78 is 71.3. The molecule has 3 rings (SSSR count). The van der Waals surface area contributed by atoms with Gasteiger partial charge in [-0.05, 0) is 56.2 Å². The van der Waals surface area contributed by atoms with E-state index < -0.39 is 44.5 Å². The molecule has 0 spiro atoms. The van der Waals surface area contributed by atoms with Gasteiger partial charge in [0.15, 0.2) is 11.4 Å². The van der Waals surface area contributed by atoms with Crippen LogP contribution in [0.2, 0.25) is 0 Å². The van der Waals surface area contributed by atoms with Crippen molar-refractivity contribution in [3.05, 3.63) is 58.4 Å². The lowest BCUT2D eigenvalue weighted by Crippen LogP contribution is -2.21. The van der Waals surface area contributed by atoms with Gasteiger partial charge in [-0.2, -0.15) is 13.2 Å². The van der Waals surface area contributed by atoms with Crippen LogP contribution in [0.5, 0.6) is 17.5 Å². The number of ether oxygens (including phenoxy) is 2. The maximum atomic E-state index is 13.5. The molecule has 0 fully saturated rings. The van der Waals surface area contributed by atoms with E-state index in [-0.39, 0.29) is 22.2 Å². The summed E-state index contributed by atoms with van der Waals surface area (Å²) in [5.74, 6) is -1.35. The number of nitrogens with one attached hydrogen (secondary N) is 2. The summed E-state index contributed by atoms with van der Waals surface area (Å²) in [7, 11) is -1.75. The predicted molar refractivity (Wildman–Crippen MR) is 122 cm³/mol. The predicted octanol–water partition coefficient (Wildman–Crippen LogP) is 4.90. The van der Waals surface area contributed by atoms with Crippen molar-refractivity contribution in [1.82, 2.24) is 15.2 Å². The maximum Gasteiger partial charge on any atom is 0.435 e. The van der Waals surface area contributed by atoms with Crippen LogP contribution in [-0.4, -0.2) is 38.7 Å². The Morgan fingerprint density at radius 1 is 1.11 bits per heavy atom. The van der Waals surface area contributed by atoms with Crippen molar-refractivity contribution >= 4 is 21.3 Å². The van der Waals surface area contributed by atoms with Gasteiger partial charge in [-0.25, -0.2) is 14.0 Å². The number of anilines is 1. The zero-order valence-electron chi connectivity index (χ0n) is 19.4. The van der Waals surface area contributed by atoms with Crippen molar-refractivity contribution in [3.8, 4) is 17.5 Å². The minimum absolute atomic E-state index is 0.0501. The van der Waals surface area contributed by atoms with Gasteiger partial charge in [0.25, 0.3) is 17.7 Å². The lowest BCUT2D eigenvalue weighted by molar-refractivity contribution is -0.142. The fourth-order valence-corrected chi connectivity index (χ4v) is 3.96. The Labute approximate surface area is 199 Å². The van der Waals surface area contributed by atoms with E-state index in [1.807, 2.05) is 0 Å². The van der Waals surface area contributed by atoms with Crippen LogP contribution in [0, 0.1) is 25.6 Å². The third-order valence-electron chi connectivity index (χ3n) is 4.87. The number of hydrogen-bond donors (Lipinski definition) is 2. The van der Waals surface area contributed by atoms with Gasteiger partial charge in [0, 0.05) is 22.5 Å². The van der Waals surface area contributed by atoms with Crippen molar-refractivity contribution in [2.45, 2.75) is 31.8 Å². The van der Waals surface area contributed by atoms with Crippen LogP contribution < -0.4 is 14.8 Å². The number of benzene rings is 1. The zero-order chi connectivity index (χ0) is 26.1. The Kier molecular flexibility index (Phi) is 7.01. The van der Waals surface area contributed by atoms with Gasteiger partial charge in [0.05, 0.1) is 16.8 Å². The molecular weight excluding hydrogens is 487 g/mol. The van der Waals surface area contributed by atoms with E-state index in [0.29, 0.717) is 11.3 Å². The number of amides is 1. The Balaban J connectivity index is 2.13. The van der Waals surface area contributed by atoms with Gasteiger partial charge in [-0.15, -0.1) is 10.2 Å². The van der Waals surface area contributed by atoms with E-state index in [0.717, 1.165) is 6.92 Å². The molecule has 186 valence electrons. The monoisotopic (exact) mass is 509 g/mol. The lowest BCUT2D eigenvalue weighted by Gasteiger charge is -2.17. The highest BCUT2D eigenvalue weighted by molar-refractivity contribution is 7.91. The molecular formula is C22H22F3N5O4S. The average Bonchev–Trinajstić information content (AvgIpc) is 2.74. The summed E-state index contributed by atoms with van der Waals surface area (Å²) in [6, 6.07) is 7.32. The molecule has 1 amide bonds. The number of carbonyl (C=O) groups is 1. The van der Waals surface area contributed by atoms with Gasteiger partial charge in [0.2, 0.25) is 0 Å². The largest absolute Gasteiger partial charge is 0.478 e. The standard InChI is InChI=1S/C22H22F3N5O4S/c1-11-9-12(2)27-21(33-4)17(11)34-20-16(13(3)18(29-30-20)22(23,24)25)19(31)28-14-7-6-8-15(10-14)35(5,26)32/h6-10,26H,1-5H3,(H,28,31). The number of alkyl halides is 3. The van der Waals surface area contributed by atoms with Crippen molar-refractivity contribution < 1.29 is 31.6 Å². The van der Waals surface area contributed by atoms with Gasteiger partial charge in [-0.1, -0.05) is 6.07 Å². The third kappa shape index (κ3) is 5.67. The summed E-state index contributed by atoms with van der Waals surface area (Å²) in [6.07, 6.45) is -3.67. The van der Waals surface area contributed by atoms with Crippen LogP contribution in [0.25, 0.3) is 0 Å². The van der Waals surface area contributed by atoms with E-state index >= 15 is 0 Å². The maximum absolute atomic E-state index is 13.5. The number of halogens is 3. The first-order valence-electron chi connectivity index (χ1n) is 10.0. The number of carbonyl (C=O) groups excluding carboxylic acids is 1. The summed E-state index contributed by atoms with van der Waals surface area (Å²) in [5.41, 5.74) is -1.09. The summed E-state index contributed by atoms with van der Waals surface area (Å²) in [6.45, 7) is 4.47. The van der Waals surface area contributed by atoms with Gasteiger partial charge < -0.3 is 14.8 Å². The first kappa shape index (κ1) is 25.9. The molecule has 9 nitrogen and oxygen atoms in total. The van der Waals surface area contributed by atoms with Gasteiger partial charge in [0.1, 0.15) is 5.56 Å². The van der Waals surface area contributed by atoms with Crippen LogP contribution in [0.15, 0.2) is 35.2 Å². The molecule has 3 aromatic rings. The molecule has 0 aliphatic heterocycles. The van der Waals surface area contributed by atoms with Crippen molar-refractivity contribution in [2.24, 2.45) is 0 Å². The van der Waals surface area contributed by atoms with E-state index in [2.05, 4.69) is 20.5 Å². The molecule has 1 aromatic carbocycles. The third-order valence-corrected chi connectivity index (χ3v) is 6.02. The molecule has 2 aromatic heterocycles. The number of rotatable bonds is 6. The van der Waals surface area contributed by atoms with Crippen LogP contribution in [-0.2, 0) is 15.9 Å². The Hall–Kier alpha value is -3.74.